The molecule has 0 aromatic carbocycles. The molecule has 1 N–H and O–H groups in total. The summed E-state index contributed by atoms with van der Waals surface area (Å²) in [5, 5.41) is 11.9. The van der Waals surface area contributed by atoms with Crippen molar-refractivity contribution in [2.45, 2.75) is 39.7 Å². The van der Waals surface area contributed by atoms with E-state index in [2.05, 4.69) is 33.3 Å². The average Bonchev–Trinajstić information content (AvgIpc) is 2.44. The van der Waals surface area contributed by atoms with Crippen LogP contribution < -0.4 is 15.0 Å². The quantitative estimate of drug-likeness (QED) is 0.776. The smallest absolute Gasteiger partial charge is 0.323 e. The lowest BCUT2D eigenvalue weighted by molar-refractivity contribution is 0.312. The van der Waals surface area contributed by atoms with Gasteiger partial charge < -0.3 is 15.0 Å². The Morgan fingerprint density at radius 3 is 2.70 bits per heavy atom. The van der Waals surface area contributed by atoms with E-state index in [0.717, 1.165) is 13.0 Å². The van der Waals surface area contributed by atoms with Gasteiger partial charge in [0.15, 0.2) is 0 Å². The van der Waals surface area contributed by atoms with Crippen molar-refractivity contribution in [1.29, 1.82) is 5.26 Å². The van der Waals surface area contributed by atoms with E-state index in [9.17, 15) is 0 Å². The molecule has 7 heteroatoms. The number of ether oxygens (including phenoxy) is 1. The first kappa shape index (κ1) is 16.0. The monoisotopic (exact) mass is 278 g/mol. The molecule has 1 atom stereocenters. The summed E-state index contributed by atoms with van der Waals surface area (Å²) >= 11 is 0. The van der Waals surface area contributed by atoms with E-state index in [1.807, 2.05) is 25.8 Å². The van der Waals surface area contributed by atoms with Gasteiger partial charge in [0.1, 0.15) is 0 Å². The van der Waals surface area contributed by atoms with Crippen molar-refractivity contribution < 1.29 is 4.74 Å². The summed E-state index contributed by atoms with van der Waals surface area (Å²) < 4.78 is 5.36. The van der Waals surface area contributed by atoms with Gasteiger partial charge in [0.05, 0.1) is 19.1 Å². The van der Waals surface area contributed by atoms with Crippen LogP contribution in [0.25, 0.3) is 0 Å². The highest BCUT2D eigenvalue weighted by molar-refractivity contribution is 5.38. The molecule has 0 spiro atoms. The molecule has 0 amide bonds. The minimum absolute atomic E-state index is 0.0240. The molecule has 0 bridgehead atoms. The Hall–Kier alpha value is -2.10. The Morgan fingerprint density at radius 2 is 2.10 bits per heavy atom. The predicted octanol–water partition coefficient (Wildman–Crippen LogP) is 1.83. The Balaban J connectivity index is 2.98. The maximum atomic E-state index is 8.78. The fourth-order valence-corrected chi connectivity index (χ4v) is 1.48. The van der Waals surface area contributed by atoms with Crippen LogP contribution in [0.4, 0.5) is 11.9 Å². The molecule has 0 radical (unpaired) electrons. The molecule has 1 aromatic rings. The maximum absolute atomic E-state index is 8.78. The summed E-state index contributed by atoms with van der Waals surface area (Å²) in [7, 11) is 1.86. The van der Waals surface area contributed by atoms with Crippen LogP contribution in [0, 0.1) is 11.3 Å². The lowest BCUT2D eigenvalue weighted by Gasteiger charge is -2.23. The second-order valence-electron chi connectivity index (χ2n) is 4.42. The Morgan fingerprint density at radius 1 is 1.35 bits per heavy atom. The molecule has 0 aliphatic heterocycles. The second kappa shape index (κ2) is 8.15. The molecular formula is C13H22N6O. The van der Waals surface area contributed by atoms with Crippen LogP contribution in [0.15, 0.2) is 0 Å². The molecule has 1 unspecified atom stereocenters. The zero-order chi connectivity index (χ0) is 15.0. The molecule has 1 rings (SSSR count). The number of nitrogens with one attached hydrogen (secondary N) is 1. The normalized spacial score (nSPS) is 11.6. The summed E-state index contributed by atoms with van der Waals surface area (Å²) in [6.07, 6.45) is 1.38. The van der Waals surface area contributed by atoms with Crippen molar-refractivity contribution in [3.63, 3.8) is 0 Å². The first-order valence-corrected chi connectivity index (χ1v) is 6.84. The molecule has 20 heavy (non-hydrogen) atoms. The van der Waals surface area contributed by atoms with E-state index in [1.165, 1.54) is 0 Å². The predicted molar refractivity (Wildman–Crippen MR) is 77.9 cm³/mol. The van der Waals surface area contributed by atoms with Crippen molar-refractivity contribution in [1.82, 2.24) is 15.0 Å². The van der Waals surface area contributed by atoms with Gasteiger partial charge in [0, 0.05) is 19.6 Å². The van der Waals surface area contributed by atoms with Crippen molar-refractivity contribution in [2.75, 3.05) is 30.4 Å². The average molecular weight is 278 g/mol. The van der Waals surface area contributed by atoms with E-state index < -0.39 is 0 Å². The summed E-state index contributed by atoms with van der Waals surface area (Å²) in [6.45, 7) is 7.18. The zero-order valence-electron chi connectivity index (χ0n) is 12.6. The lowest BCUT2D eigenvalue weighted by Crippen LogP contribution is -2.30. The first-order chi connectivity index (χ1) is 9.62. The number of nitriles is 1. The molecule has 0 saturated heterocycles. The third-order valence-electron chi connectivity index (χ3n) is 2.77. The minimum atomic E-state index is 0.0240. The van der Waals surface area contributed by atoms with E-state index in [4.69, 9.17) is 10.00 Å². The number of nitrogens with zero attached hydrogens (tertiary/aromatic N) is 5. The summed E-state index contributed by atoms with van der Waals surface area (Å²) in [4.78, 5) is 14.7. The Labute approximate surface area is 120 Å². The van der Waals surface area contributed by atoms with Gasteiger partial charge in [-0.05, 0) is 20.3 Å². The number of hydrogen-bond acceptors (Lipinski definition) is 7. The Bertz CT molecular complexity index is 459. The van der Waals surface area contributed by atoms with Crippen LogP contribution in [-0.4, -0.2) is 41.2 Å². The number of rotatable bonds is 8. The van der Waals surface area contributed by atoms with E-state index in [0.29, 0.717) is 30.9 Å². The van der Waals surface area contributed by atoms with Gasteiger partial charge in [0.2, 0.25) is 11.9 Å². The highest BCUT2D eigenvalue weighted by Crippen LogP contribution is 2.16. The lowest BCUT2D eigenvalue weighted by atomic mass is 10.2. The van der Waals surface area contributed by atoms with E-state index in [1.54, 1.807) is 0 Å². The van der Waals surface area contributed by atoms with Crippen molar-refractivity contribution in [3.8, 4) is 12.1 Å². The largest absolute Gasteiger partial charge is 0.464 e. The molecule has 0 aliphatic carbocycles. The van der Waals surface area contributed by atoms with Crippen LogP contribution >= 0.6 is 0 Å². The molecule has 0 fully saturated rings. The third kappa shape index (κ3) is 4.53. The third-order valence-corrected chi connectivity index (χ3v) is 2.77. The van der Waals surface area contributed by atoms with Gasteiger partial charge >= 0.3 is 6.01 Å². The summed E-state index contributed by atoms with van der Waals surface area (Å²) in [6, 6.07) is 2.47. The maximum Gasteiger partial charge on any atom is 0.323 e. The minimum Gasteiger partial charge on any atom is -0.464 e. The number of aromatic nitrogens is 3. The van der Waals surface area contributed by atoms with Crippen LogP contribution in [0.5, 0.6) is 6.01 Å². The van der Waals surface area contributed by atoms with Crippen LogP contribution in [0.1, 0.15) is 33.6 Å². The Kier molecular flexibility index (Phi) is 6.50. The van der Waals surface area contributed by atoms with Crippen molar-refractivity contribution >= 4 is 11.9 Å². The molecule has 0 saturated carbocycles. The van der Waals surface area contributed by atoms with Gasteiger partial charge in [-0.2, -0.15) is 20.2 Å². The summed E-state index contributed by atoms with van der Waals surface area (Å²) in [5.41, 5.74) is 0. The number of hydrogen-bond donors (Lipinski definition) is 1. The van der Waals surface area contributed by atoms with Gasteiger partial charge in [0.25, 0.3) is 0 Å². The molecule has 1 aromatic heterocycles. The van der Waals surface area contributed by atoms with E-state index >= 15 is 0 Å². The molecule has 110 valence electrons. The molecule has 7 nitrogen and oxygen atoms in total. The standard InChI is InChI=1S/C13H22N6O/c1-5-9-15-11-16-12(18-13(17-11)20-6-2)19(4)10(3)7-8-14/h10H,5-7,9H2,1-4H3,(H,15,16,17,18). The van der Waals surface area contributed by atoms with Crippen LogP contribution in [-0.2, 0) is 0 Å². The molecule has 1 heterocycles. The highest BCUT2D eigenvalue weighted by Gasteiger charge is 2.15. The van der Waals surface area contributed by atoms with Crippen LogP contribution in [0.2, 0.25) is 0 Å². The molecular weight excluding hydrogens is 256 g/mol. The second-order valence-corrected chi connectivity index (χ2v) is 4.42. The van der Waals surface area contributed by atoms with Gasteiger partial charge in [-0.3, -0.25) is 0 Å². The molecule has 0 aliphatic rings. The zero-order valence-corrected chi connectivity index (χ0v) is 12.6. The van der Waals surface area contributed by atoms with Gasteiger partial charge in [-0.1, -0.05) is 6.92 Å². The fraction of sp³-hybridized carbons (Fsp3) is 0.692. The van der Waals surface area contributed by atoms with Gasteiger partial charge in [-0.15, -0.1) is 0 Å². The topological polar surface area (TPSA) is 87.0 Å². The van der Waals surface area contributed by atoms with Crippen LogP contribution in [0.3, 0.4) is 0 Å². The number of anilines is 2. The van der Waals surface area contributed by atoms with Gasteiger partial charge in [-0.25, -0.2) is 0 Å². The van der Waals surface area contributed by atoms with Crippen molar-refractivity contribution in [3.05, 3.63) is 0 Å². The highest BCUT2D eigenvalue weighted by atomic mass is 16.5. The first-order valence-electron chi connectivity index (χ1n) is 6.84. The fourth-order valence-electron chi connectivity index (χ4n) is 1.48. The summed E-state index contributed by atoms with van der Waals surface area (Å²) in [5.74, 6) is 1.00. The SMILES string of the molecule is CCCNc1nc(OCC)nc(N(C)C(C)CC#N)n1. The van der Waals surface area contributed by atoms with Crippen molar-refractivity contribution in [2.24, 2.45) is 0 Å². The van der Waals surface area contributed by atoms with E-state index in [-0.39, 0.29) is 6.04 Å².